The van der Waals surface area contributed by atoms with Crippen molar-refractivity contribution in [2.75, 3.05) is 26.3 Å². The summed E-state index contributed by atoms with van der Waals surface area (Å²) in [5, 5.41) is 70.0. The van der Waals surface area contributed by atoms with Gasteiger partial charge in [-0.1, -0.05) is 24.3 Å². The van der Waals surface area contributed by atoms with E-state index in [2.05, 4.69) is 31.3 Å². The van der Waals surface area contributed by atoms with Gasteiger partial charge in [0.1, 0.15) is 12.2 Å². The summed E-state index contributed by atoms with van der Waals surface area (Å²) in [4.78, 5) is 81.7. The Labute approximate surface area is 353 Å². The number of carbonyl (C=O) groups is 6. The number of alkyl carbamates (subject to hydrolysis) is 2. The number of aliphatic hydroxyl groups is 4. The number of nitrogens with one attached hydrogen (secondary N) is 4. The van der Waals surface area contributed by atoms with Crippen molar-refractivity contribution in [2.24, 2.45) is 32.9 Å². The molecule has 62 heavy (non-hydrogen) atoms. The number of carboxylic acids is 2. The Morgan fingerprint density at radius 2 is 1.06 bits per heavy atom. The SMILES string of the molecule is CC(=O)NC1C(N=C(N)N)C=C(C(=O)O)OC1C(OC(=O)NCCc1cccc(CCNC(=O)OC(C(O)CO)C2OC(C(=O)O)=CC(N=C(N)N)C2NC(C)=O)c1)C(O)CO. The largest absolute Gasteiger partial charge is 0.477 e. The van der Waals surface area contributed by atoms with E-state index in [1.807, 2.05) is 0 Å². The van der Waals surface area contributed by atoms with Crippen LogP contribution in [0.3, 0.4) is 0 Å². The molecule has 1 aromatic rings. The van der Waals surface area contributed by atoms with Crippen LogP contribution < -0.4 is 44.2 Å². The van der Waals surface area contributed by atoms with E-state index >= 15 is 0 Å². The maximum Gasteiger partial charge on any atom is 0.407 e. The fourth-order valence-electron chi connectivity index (χ4n) is 6.42. The minimum atomic E-state index is -1.82. The molecule has 1 aromatic carbocycles. The quantitative estimate of drug-likeness (QED) is 0.0429. The highest BCUT2D eigenvalue weighted by molar-refractivity contribution is 5.86. The van der Waals surface area contributed by atoms with E-state index in [-0.39, 0.29) is 25.9 Å². The number of aliphatic carboxylic acids is 2. The number of guanidine groups is 2. The Hall–Kier alpha value is -6.90. The molecule has 2 aliphatic rings. The highest BCUT2D eigenvalue weighted by Crippen LogP contribution is 2.28. The number of amides is 4. The minimum Gasteiger partial charge on any atom is -0.477 e. The van der Waals surface area contributed by atoms with Crippen LogP contribution in [0.4, 0.5) is 9.59 Å². The lowest BCUT2D eigenvalue weighted by atomic mass is 9.92. The standard InChI is InChI=1S/C36H52N10O16/c1-15(49)43-25-19(45-33(37)38)11-23(31(53)54)59-29(25)27(21(51)13-47)61-35(57)41-8-6-17-4-3-5-18(10-17)7-9-42-36(58)62-28(22(52)14-48)30-26(44-16(2)50)20(46-34(39)40)12-24(60-30)32(55)56/h3-5,10-12,19-22,25-30,47-48,51-52H,6-9,13-14H2,1-2H3,(H,41,57)(H,42,58)(H,43,49)(H,44,50)(H,53,54)(H,55,56)(H4,37,38,45)(H4,39,40,46). The fourth-order valence-corrected chi connectivity index (χ4v) is 6.42. The topological polar surface area (TPSA) is 438 Å². The molecule has 0 bridgehead atoms. The van der Waals surface area contributed by atoms with Gasteiger partial charge in [0, 0.05) is 26.9 Å². The second-order valence-electron chi connectivity index (χ2n) is 13.8. The first-order valence-electron chi connectivity index (χ1n) is 18.7. The number of rotatable bonds is 20. The Balaban J connectivity index is 1.65. The zero-order chi connectivity index (χ0) is 46.3. The minimum absolute atomic E-state index is 0.0353. The normalized spacial score (nSPS) is 22.4. The summed E-state index contributed by atoms with van der Waals surface area (Å²) in [5.74, 6) is -6.69. The number of nitrogens with zero attached hydrogens (tertiary/aromatic N) is 2. The molecule has 0 saturated heterocycles. The number of aliphatic hydroxyl groups excluding tert-OH is 4. The Bertz CT molecular complexity index is 1770. The van der Waals surface area contributed by atoms with Crippen LogP contribution >= 0.6 is 0 Å². The zero-order valence-electron chi connectivity index (χ0n) is 33.4. The summed E-state index contributed by atoms with van der Waals surface area (Å²) < 4.78 is 21.8. The monoisotopic (exact) mass is 880 g/mol. The van der Waals surface area contributed by atoms with Crippen LogP contribution in [0.1, 0.15) is 25.0 Å². The molecule has 2 heterocycles. The van der Waals surface area contributed by atoms with E-state index in [0.29, 0.717) is 11.1 Å². The number of hydrogen-bond donors (Lipinski definition) is 14. The Kier molecular flexibility index (Phi) is 18.5. The molecular weight excluding hydrogens is 828 g/mol. The molecule has 26 heteroatoms. The molecule has 0 saturated carbocycles. The Morgan fingerprint density at radius 1 is 0.694 bits per heavy atom. The molecule has 10 atom stereocenters. The van der Waals surface area contributed by atoms with Crippen molar-refractivity contribution >= 4 is 47.9 Å². The highest BCUT2D eigenvalue weighted by Gasteiger charge is 2.48. The molecule has 0 spiro atoms. The highest BCUT2D eigenvalue weighted by atomic mass is 16.6. The van der Waals surface area contributed by atoms with Crippen molar-refractivity contribution in [2.45, 2.75) is 87.5 Å². The number of hydrogen-bond acceptors (Lipinski definition) is 16. The molecule has 0 fully saturated rings. The van der Waals surface area contributed by atoms with Crippen LogP contribution in [0.5, 0.6) is 0 Å². The smallest absolute Gasteiger partial charge is 0.407 e. The maximum atomic E-state index is 13.0. The first-order valence-corrected chi connectivity index (χ1v) is 18.7. The predicted octanol–water partition coefficient (Wildman–Crippen LogP) is -5.30. The van der Waals surface area contributed by atoms with Crippen LogP contribution in [-0.4, -0.2) is 166 Å². The van der Waals surface area contributed by atoms with Gasteiger partial charge in [-0.3, -0.25) is 9.59 Å². The number of aliphatic imine (C=N–C) groups is 2. The number of carbonyl (C=O) groups excluding carboxylic acids is 4. The molecule has 18 N–H and O–H groups in total. The van der Waals surface area contributed by atoms with Crippen molar-refractivity contribution in [3.63, 3.8) is 0 Å². The summed E-state index contributed by atoms with van der Waals surface area (Å²) in [5.41, 5.74) is 23.4. The summed E-state index contributed by atoms with van der Waals surface area (Å²) in [6.07, 6.45) is -10.1. The second kappa shape index (κ2) is 23.2. The van der Waals surface area contributed by atoms with Crippen LogP contribution in [0.15, 0.2) is 57.9 Å². The van der Waals surface area contributed by atoms with Gasteiger partial charge in [-0.2, -0.15) is 0 Å². The van der Waals surface area contributed by atoms with Gasteiger partial charge >= 0.3 is 24.1 Å². The molecule has 3 rings (SSSR count). The lowest BCUT2D eigenvalue weighted by Crippen LogP contribution is -2.61. The summed E-state index contributed by atoms with van der Waals surface area (Å²) in [6, 6.07) is 1.91. The average molecular weight is 881 g/mol. The Morgan fingerprint density at radius 3 is 1.37 bits per heavy atom. The summed E-state index contributed by atoms with van der Waals surface area (Å²) >= 11 is 0. The first-order chi connectivity index (χ1) is 29.2. The van der Waals surface area contributed by atoms with E-state index in [1.54, 1.807) is 24.3 Å². The third-order valence-corrected chi connectivity index (χ3v) is 9.00. The van der Waals surface area contributed by atoms with E-state index in [1.165, 1.54) is 0 Å². The van der Waals surface area contributed by atoms with E-state index < -0.39 is 133 Å². The molecule has 10 unspecified atom stereocenters. The van der Waals surface area contributed by atoms with Gasteiger partial charge in [-0.05, 0) is 36.1 Å². The first kappa shape index (κ1) is 49.5. The zero-order valence-corrected chi connectivity index (χ0v) is 33.4. The molecule has 342 valence electrons. The molecule has 0 aliphatic carbocycles. The molecule has 2 aliphatic heterocycles. The third kappa shape index (κ3) is 14.7. The fraction of sp³-hybridized carbons (Fsp3) is 0.500. The average Bonchev–Trinajstić information content (AvgIpc) is 3.19. The second-order valence-corrected chi connectivity index (χ2v) is 13.8. The van der Waals surface area contributed by atoms with Crippen molar-refractivity contribution in [3.05, 3.63) is 59.1 Å². The number of nitrogens with two attached hydrogens (primary N) is 4. The van der Waals surface area contributed by atoms with Crippen LogP contribution in [-0.2, 0) is 51.0 Å². The van der Waals surface area contributed by atoms with Gasteiger partial charge in [0.05, 0.1) is 37.4 Å². The number of ether oxygens (including phenoxy) is 4. The van der Waals surface area contributed by atoms with Gasteiger partial charge < -0.3 is 93.8 Å². The van der Waals surface area contributed by atoms with Crippen molar-refractivity contribution in [1.29, 1.82) is 0 Å². The van der Waals surface area contributed by atoms with Gasteiger partial charge in [0.15, 0.2) is 36.3 Å². The maximum absolute atomic E-state index is 13.0. The van der Waals surface area contributed by atoms with E-state index in [9.17, 15) is 59.4 Å². The lowest BCUT2D eigenvalue weighted by molar-refractivity contribution is -0.147. The molecule has 4 amide bonds. The van der Waals surface area contributed by atoms with E-state index in [4.69, 9.17) is 41.9 Å². The lowest BCUT2D eigenvalue weighted by Gasteiger charge is -2.39. The van der Waals surface area contributed by atoms with E-state index in [0.717, 1.165) is 26.0 Å². The van der Waals surface area contributed by atoms with Crippen molar-refractivity contribution in [1.82, 2.24) is 21.3 Å². The molecule has 0 radical (unpaired) electrons. The number of benzene rings is 1. The van der Waals surface area contributed by atoms with Gasteiger partial charge in [-0.25, -0.2) is 29.2 Å². The molecule has 0 aromatic heterocycles. The van der Waals surface area contributed by atoms with Crippen molar-refractivity contribution < 1.29 is 78.4 Å². The van der Waals surface area contributed by atoms with Crippen LogP contribution in [0.25, 0.3) is 0 Å². The van der Waals surface area contributed by atoms with Gasteiger partial charge in [0.25, 0.3) is 0 Å². The summed E-state index contributed by atoms with van der Waals surface area (Å²) in [7, 11) is 0. The van der Waals surface area contributed by atoms with Gasteiger partial charge in [-0.15, -0.1) is 0 Å². The van der Waals surface area contributed by atoms with Crippen molar-refractivity contribution in [3.8, 4) is 0 Å². The molecular formula is C36H52N10O16. The number of carboxylic acid groups (broad SMARTS) is 2. The molecule has 26 nitrogen and oxygen atoms in total. The van der Waals surface area contributed by atoms with Gasteiger partial charge in [0.2, 0.25) is 23.3 Å². The van der Waals surface area contributed by atoms with Crippen LogP contribution in [0, 0.1) is 0 Å². The van der Waals surface area contributed by atoms with Crippen LogP contribution in [0.2, 0.25) is 0 Å². The summed E-state index contributed by atoms with van der Waals surface area (Å²) in [6.45, 7) is 0.276. The predicted molar refractivity (Wildman–Crippen MR) is 212 cm³/mol. The third-order valence-electron chi connectivity index (χ3n) is 9.00.